The summed E-state index contributed by atoms with van der Waals surface area (Å²) in [5, 5.41) is 2.88. The highest BCUT2D eigenvalue weighted by Gasteiger charge is 2.23. The lowest BCUT2D eigenvalue weighted by Crippen LogP contribution is -2.32. The zero-order valence-electron chi connectivity index (χ0n) is 12.2. The summed E-state index contributed by atoms with van der Waals surface area (Å²) in [5.41, 5.74) is 7.06. The molecule has 1 atom stereocenters. The number of thiocarbonyl (C=S) groups is 1. The summed E-state index contributed by atoms with van der Waals surface area (Å²) in [4.78, 5) is 14.5. The van der Waals surface area contributed by atoms with Gasteiger partial charge in [0.05, 0.1) is 13.2 Å². The number of anilines is 1. The standard InChI is InChI=1S/C15H21N3O2S/c1-20-10-11-5-6-18(8-11)9-14(19)17-13-4-2-3-12(7-13)15(16)21/h2-4,7,11H,5-6,8-10H2,1H3,(H2,16,21)(H,17,19). The molecule has 1 amide bonds. The van der Waals surface area contributed by atoms with E-state index in [2.05, 4.69) is 10.2 Å². The van der Waals surface area contributed by atoms with Gasteiger partial charge in [-0.3, -0.25) is 9.69 Å². The maximum absolute atomic E-state index is 12.1. The van der Waals surface area contributed by atoms with Gasteiger partial charge in [0.25, 0.3) is 0 Å². The summed E-state index contributed by atoms with van der Waals surface area (Å²) < 4.78 is 5.16. The van der Waals surface area contributed by atoms with Crippen LogP contribution in [0.25, 0.3) is 0 Å². The van der Waals surface area contributed by atoms with Gasteiger partial charge in [0.1, 0.15) is 4.99 Å². The Balaban J connectivity index is 1.85. The molecule has 1 aromatic rings. The second-order valence-corrected chi connectivity index (χ2v) is 5.78. The van der Waals surface area contributed by atoms with Gasteiger partial charge in [-0.2, -0.15) is 0 Å². The number of nitrogens with one attached hydrogen (secondary N) is 1. The lowest BCUT2D eigenvalue weighted by molar-refractivity contribution is -0.117. The van der Waals surface area contributed by atoms with Crippen LogP contribution in [0.2, 0.25) is 0 Å². The molecule has 0 saturated carbocycles. The Labute approximate surface area is 130 Å². The number of benzene rings is 1. The Hall–Kier alpha value is -1.50. The van der Waals surface area contributed by atoms with Crippen molar-refractivity contribution >= 4 is 28.8 Å². The summed E-state index contributed by atoms with van der Waals surface area (Å²) in [6, 6.07) is 7.28. The number of hydrogen-bond acceptors (Lipinski definition) is 4. The summed E-state index contributed by atoms with van der Waals surface area (Å²) in [6.45, 7) is 3.01. The molecule has 1 fully saturated rings. The minimum Gasteiger partial charge on any atom is -0.389 e. The Morgan fingerprint density at radius 2 is 2.38 bits per heavy atom. The first-order valence-electron chi connectivity index (χ1n) is 6.99. The average Bonchev–Trinajstić information content (AvgIpc) is 2.86. The van der Waals surface area contributed by atoms with Crippen molar-refractivity contribution in [3.8, 4) is 0 Å². The number of rotatable bonds is 6. The maximum Gasteiger partial charge on any atom is 0.238 e. The van der Waals surface area contributed by atoms with Crippen LogP contribution >= 0.6 is 12.2 Å². The molecule has 0 bridgehead atoms. The van der Waals surface area contributed by atoms with E-state index < -0.39 is 0 Å². The monoisotopic (exact) mass is 307 g/mol. The number of carbonyl (C=O) groups is 1. The number of likely N-dealkylation sites (tertiary alicyclic amines) is 1. The van der Waals surface area contributed by atoms with Gasteiger partial charge < -0.3 is 15.8 Å². The lowest BCUT2D eigenvalue weighted by Gasteiger charge is -2.15. The highest BCUT2D eigenvalue weighted by Crippen LogP contribution is 2.16. The summed E-state index contributed by atoms with van der Waals surface area (Å²) >= 11 is 4.93. The van der Waals surface area contributed by atoms with E-state index in [1.165, 1.54) is 0 Å². The summed E-state index contributed by atoms with van der Waals surface area (Å²) in [6.07, 6.45) is 1.08. The molecule has 6 heteroatoms. The summed E-state index contributed by atoms with van der Waals surface area (Å²) in [5.74, 6) is 0.508. The van der Waals surface area contributed by atoms with E-state index in [0.29, 0.717) is 17.5 Å². The third-order valence-corrected chi connectivity index (χ3v) is 3.81. The zero-order valence-corrected chi connectivity index (χ0v) is 13.0. The maximum atomic E-state index is 12.1. The Bertz CT molecular complexity index is 521. The Kier molecular flexibility index (Phi) is 5.67. The van der Waals surface area contributed by atoms with Gasteiger partial charge in [0.15, 0.2) is 0 Å². The molecule has 1 aliphatic rings. The topological polar surface area (TPSA) is 67.6 Å². The molecule has 114 valence electrons. The van der Waals surface area contributed by atoms with Crippen LogP contribution in [0.15, 0.2) is 24.3 Å². The van der Waals surface area contributed by atoms with Crippen LogP contribution in [-0.2, 0) is 9.53 Å². The van der Waals surface area contributed by atoms with Gasteiger partial charge in [0.2, 0.25) is 5.91 Å². The van der Waals surface area contributed by atoms with Crippen LogP contribution in [0.1, 0.15) is 12.0 Å². The van der Waals surface area contributed by atoms with Crippen LogP contribution in [0.4, 0.5) is 5.69 Å². The average molecular weight is 307 g/mol. The molecule has 1 unspecified atom stereocenters. The highest BCUT2D eigenvalue weighted by molar-refractivity contribution is 7.80. The fraction of sp³-hybridized carbons (Fsp3) is 0.467. The normalized spacial score (nSPS) is 18.6. The lowest BCUT2D eigenvalue weighted by atomic mass is 10.1. The molecule has 0 aliphatic carbocycles. The van der Waals surface area contributed by atoms with E-state index in [0.717, 1.165) is 37.4 Å². The van der Waals surface area contributed by atoms with Crippen molar-refractivity contribution in [3.05, 3.63) is 29.8 Å². The minimum absolute atomic E-state index is 0.0202. The molecule has 0 radical (unpaired) electrons. The second-order valence-electron chi connectivity index (χ2n) is 5.34. The van der Waals surface area contributed by atoms with Gasteiger partial charge in [-0.1, -0.05) is 24.4 Å². The SMILES string of the molecule is COCC1CCN(CC(=O)Nc2cccc(C(N)=S)c2)C1. The highest BCUT2D eigenvalue weighted by atomic mass is 32.1. The van der Waals surface area contributed by atoms with Gasteiger partial charge in [-0.15, -0.1) is 0 Å². The molecular weight excluding hydrogens is 286 g/mol. The number of ether oxygens (including phenoxy) is 1. The van der Waals surface area contributed by atoms with Crippen LogP contribution in [0, 0.1) is 5.92 Å². The molecule has 2 rings (SSSR count). The molecule has 1 heterocycles. The number of hydrogen-bond donors (Lipinski definition) is 2. The van der Waals surface area contributed by atoms with Gasteiger partial charge in [0, 0.05) is 24.9 Å². The molecule has 1 saturated heterocycles. The smallest absolute Gasteiger partial charge is 0.238 e. The minimum atomic E-state index is -0.0202. The van der Waals surface area contributed by atoms with Gasteiger partial charge >= 0.3 is 0 Å². The fourth-order valence-electron chi connectivity index (χ4n) is 2.58. The van der Waals surface area contributed by atoms with E-state index in [9.17, 15) is 4.79 Å². The van der Waals surface area contributed by atoms with Gasteiger partial charge in [-0.05, 0) is 31.0 Å². The van der Waals surface area contributed by atoms with Crippen molar-refractivity contribution in [1.29, 1.82) is 0 Å². The fourth-order valence-corrected chi connectivity index (χ4v) is 2.71. The van der Waals surface area contributed by atoms with Crippen molar-refractivity contribution in [3.63, 3.8) is 0 Å². The number of nitrogens with zero attached hydrogens (tertiary/aromatic N) is 1. The third-order valence-electron chi connectivity index (χ3n) is 3.57. The van der Waals surface area contributed by atoms with Crippen molar-refractivity contribution in [1.82, 2.24) is 4.90 Å². The van der Waals surface area contributed by atoms with Crippen molar-refractivity contribution in [2.45, 2.75) is 6.42 Å². The molecule has 0 spiro atoms. The van der Waals surface area contributed by atoms with Crippen molar-refractivity contribution < 1.29 is 9.53 Å². The van der Waals surface area contributed by atoms with E-state index in [-0.39, 0.29) is 5.91 Å². The zero-order chi connectivity index (χ0) is 15.2. The molecule has 3 N–H and O–H groups in total. The predicted molar refractivity (Wildman–Crippen MR) is 87.4 cm³/mol. The number of nitrogens with two attached hydrogens (primary N) is 1. The molecule has 0 aromatic heterocycles. The molecule has 1 aromatic carbocycles. The quantitative estimate of drug-likeness (QED) is 0.774. The van der Waals surface area contributed by atoms with Crippen molar-refractivity contribution in [2.75, 3.05) is 38.7 Å². The predicted octanol–water partition coefficient (Wildman–Crippen LogP) is 1.23. The Morgan fingerprint density at radius 3 is 3.10 bits per heavy atom. The molecule has 5 nitrogen and oxygen atoms in total. The van der Waals surface area contributed by atoms with E-state index in [1.807, 2.05) is 18.2 Å². The number of amides is 1. The van der Waals surface area contributed by atoms with Crippen LogP contribution in [0.5, 0.6) is 0 Å². The van der Waals surface area contributed by atoms with E-state index >= 15 is 0 Å². The number of carbonyl (C=O) groups excluding carboxylic acids is 1. The van der Waals surface area contributed by atoms with Crippen LogP contribution < -0.4 is 11.1 Å². The number of methoxy groups -OCH3 is 1. The van der Waals surface area contributed by atoms with E-state index in [1.54, 1.807) is 13.2 Å². The third kappa shape index (κ3) is 4.77. The first kappa shape index (κ1) is 15.9. The first-order valence-corrected chi connectivity index (χ1v) is 7.40. The van der Waals surface area contributed by atoms with Crippen molar-refractivity contribution in [2.24, 2.45) is 11.7 Å². The van der Waals surface area contributed by atoms with Crippen LogP contribution in [-0.4, -0.2) is 49.1 Å². The summed E-state index contributed by atoms with van der Waals surface area (Å²) in [7, 11) is 1.71. The Morgan fingerprint density at radius 1 is 1.57 bits per heavy atom. The molecule has 1 aliphatic heterocycles. The molecular formula is C15H21N3O2S. The van der Waals surface area contributed by atoms with Gasteiger partial charge in [-0.25, -0.2) is 0 Å². The second kappa shape index (κ2) is 7.49. The van der Waals surface area contributed by atoms with Crippen LogP contribution in [0.3, 0.4) is 0 Å². The molecule has 21 heavy (non-hydrogen) atoms. The first-order chi connectivity index (χ1) is 10.1. The van der Waals surface area contributed by atoms with E-state index in [4.69, 9.17) is 22.7 Å². The largest absolute Gasteiger partial charge is 0.389 e.